The van der Waals surface area contributed by atoms with Crippen LogP contribution < -0.4 is 0 Å². The van der Waals surface area contributed by atoms with Gasteiger partial charge in [-0.2, -0.15) is 0 Å². The van der Waals surface area contributed by atoms with E-state index in [-0.39, 0.29) is 58.9 Å². The molecular formula is C53H79N3O6. The van der Waals surface area contributed by atoms with E-state index >= 15 is 0 Å². The minimum absolute atomic E-state index is 0.0531. The molecule has 4 atom stereocenters. The van der Waals surface area contributed by atoms with Gasteiger partial charge >= 0.3 is 18.3 Å². The average Bonchev–Trinajstić information content (AvgIpc) is 3.97. The van der Waals surface area contributed by atoms with Gasteiger partial charge in [0.1, 0.15) is 13.2 Å². The fourth-order valence-corrected chi connectivity index (χ4v) is 9.76. The van der Waals surface area contributed by atoms with Crippen molar-refractivity contribution in [3.05, 3.63) is 108 Å². The van der Waals surface area contributed by atoms with Gasteiger partial charge in [-0.25, -0.2) is 14.4 Å². The number of hydrogen-bond acceptors (Lipinski definition) is 6. The maximum absolute atomic E-state index is 13.4. The van der Waals surface area contributed by atoms with Crippen LogP contribution in [-0.4, -0.2) is 80.9 Å². The fraction of sp³-hybridized carbons (Fsp3) is 0.604. The lowest BCUT2D eigenvalue weighted by atomic mass is 9.74. The molecule has 0 bridgehead atoms. The molecule has 6 rings (SSSR count). The van der Waals surface area contributed by atoms with Crippen molar-refractivity contribution in [2.24, 2.45) is 11.8 Å². The van der Waals surface area contributed by atoms with Crippen molar-refractivity contribution in [1.82, 2.24) is 14.7 Å². The summed E-state index contributed by atoms with van der Waals surface area (Å²) < 4.78 is 16.9. The lowest BCUT2D eigenvalue weighted by Gasteiger charge is -2.45. The van der Waals surface area contributed by atoms with Crippen molar-refractivity contribution in [3.8, 4) is 0 Å². The van der Waals surface area contributed by atoms with E-state index < -0.39 is 5.60 Å². The van der Waals surface area contributed by atoms with Crippen LogP contribution in [0.15, 0.2) is 91.0 Å². The molecule has 3 aromatic rings. The highest BCUT2D eigenvalue weighted by atomic mass is 16.6. The van der Waals surface area contributed by atoms with Gasteiger partial charge in [-0.15, -0.1) is 0 Å². The first kappa shape index (κ1) is 50.1. The first-order valence-electron chi connectivity index (χ1n) is 23.6. The molecule has 9 heteroatoms. The molecule has 0 N–H and O–H groups in total. The summed E-state index contributed by atoms with van der Waals surface area (Å²) in [6, 6.07) is 31.1. The van der Waals surface area contributed by atoms with Crippen LogP contribution in [-0.2, 0) is 26.2 Å². The third-order valence-corrected chi connectivity index (χ3v) is 14.5. The van der Waals surface area contributed by atoms with Crippen molar-refractivity contribution in [2.75, 3.05) is 13.2 Å². The Morgan fingerprint density at radius 1 is 0.565 bits per heavy atom. The minimum Gasteiger partial charge on any atom is -0.447 e. The normalized spacial score (nSPS) is 20.9. The maximum atomic E-state index is 13.4. The van der Waals surface area contributed by atoms with Crippen LogP contribution in [0.2, 0.25) is 0 Å². The predicted molar refractivity (Wildman–Crippen MR) is 251 cm³/mol. The average molecular weight is 854 g/mol. The van der Waals surface area contributed by atoms with Gasteiger partial charge in [0.05, 0.1) is 18.1 Å². The van der Waals surface area contributed by atoms with Crippen molar-refractivity contribution in [3.63, 3.8) is 0 Å². The van der Waals surface area contributed by atoms with Gasteiger partial charge in [-0.3, -0.25) is 14.7 Å². The van der Waals surface area contributed by atoms with Crippen LogP contribution in [0.5, 0.6) is 0 Å². The van der Waals surface area contributed by atoms with E-state index in [1.54, 1.807) is 0 Å². The van der Waals surface area contributed by atoms with Crippen LogP contribution in [0, 0.1) is 11.8 Å². The fourth-order valence-electron chi connectivity index (χ4n) is 9.76. The number of rotatable bonds is 16. The van der Waals surface area contributed by atoms with Crippen molar-refractivity contribution >= 4 is 18.3 Å². The Morgan fingerprint density at radius 2 is 1.00 bits per heavy atom. The molecule has 3 saturated heterocycles. The number of cyclic esters (lactones) is 3. The van der Waals surface area contributed by atoms with Gasteiger partial charge in [0.15, 0.2) is 5.60 Å². The van der Waals surface area contributed by atoms with Gasteiger partial charge in [0.25, 0.3) is 0 Å². The summed E-state index contributed by atoms with van der Waals surface area (Å²) in [5.41, 5.74) is 2.13. The molecule has 0 aromatic heterocycles. The lowest BCUT2D eigenvalue weighted by Crippen LogP contribution is -2.56. The molecule has 3 aliphatic rings. The number of nitrogens with zero attached hydrogens (tertiary/aromatic N) is 3. The lowest BCUT2D eigenvalue weighted by molar-refractivity contribution is 0.0397. The molecule has 0 spiro atoms. The largest absolute Gasteiger partial charge is 0.447 e. The van der Waals surface area contributed by atoms with Gasteiger partial charge in [-0.1, -0.05) is 167 Å². The molecule has 3 heterocycles. The number of carbonyl (C=O) groups is 3. The van der Waals surface area contributed by atoms with Gasteiger partial charge < -0.3 is 14.2 Å². The van der Waals surface area contributed by atoms with E-state index in [4.69, 9.17) is 14.2 Å². The van der Waals surface area contributed by atoms with Crippen LogP contribution in [0.1, 0.15) is 152 Å². The quantitative estimate of drug-likeness (QED) is 0.133. The summed E-state index contributed by atoms with van der Waals surface area (Å²) in [6.45, 7) is 29.1. The number of benzene rings is 3. The van der Waals surface area contributed by atoms with Crippen molar-refractivity contribution < 1.29 is 28.6 Å². The van der Waals surface area contributed by atoms with Crippen LogP contribution in [0.3, 0.4) is 0 Å². The highest BCUT2D eigenvalue weighted by Crippen LogP contribution is 2.50. The zero-order chi connectivity index (χ0) is 45.9. The van der Waals surface area contributed by atoms with Crippen LogP contribution >= 0.6 is 0 Å². The Bertz CT molecular complexity index is 1800. The third-order valence-electron chi connectivity index (χ3n) is 14.5. The molecular weight excluding hydrogens is 775 g/mol. The summed E-state index contributed by atoms with van der Waals surface area (Å²) in [6.07, 6.45) is 7.10. The molecule has 3 amide bonds. The molecule has 0 aliphatic carbocycles. The summed E-state index contributed by atoms with van der Waals surface area (Å²) in [5.74, 6) is 0.684. The highest BCUT2D eigenvalue weighted by molar-refractivity contribution is 5.75. The number of carbonyl (C=O) groups excluding carboxylic acids is 3. The standard InChI is InChI=1S/C25H33NO2.C16H23NO2.C12H23NO2/c1-6-18-24(5,7-2)26-22(19(3)4)25(28-23(26)27,20-14-10-8-11-15-20)21-16-12-9-13-17-21;1-4-16(3,5-2)17-14(12-19-15(17)18)11-13-9-7-6-8-10-13;1-6-12(5,7-2)13-10(9(3)4)8-15-11(13)14/h8-17,19,22H,6-7,18H2,1-5H3;6-10,14H,4-5,11-12H2,1-3H3;9-10H,6-8H2,1-5H3/t22-,24?;14-;/m00./s1. The van der Waals surface area contributed by atoms with Gasteiger partial charge in [-0.05, 0) is 83.1 Å². The Kier molecular flexibility index (Phi) is 17.5. The summed E-state index contributed by atoms with van der Waals surface area (Å²) in [4.78, 5) is 43.2. The second kappa shape index (κ2) is 21.7. The summed E-state index contributed by atoms with van der Waals surface area (Å²) >= 11 is 0. The van der Waals surface area contributed by atoms with E-state index in [1.165, 1.54) is 5.56 Å². The SMILES string of the molecule is CCC(C)(CC)N1C(=O)OCC1C(C)C.CCC(C)(CC)N1C(=O)OC[C@@H]1Cc1ccccc1.CCCC(C)(CC)N1C(=O)OC(c2ccccc2)(c2ccccc2)[C@@H]1C(C)C. The van der Waals surface area contributed by atoms with Gasteiger partial charge in [0.2, 0.25) is 0 Å². The molecule has 3 fully saturated rings. The Balaban J connectivity index is 0.000000217. The van der Waals surface area contributed by atoms with E-state index in [0.717, 1.165) is 62.5 Å². The molecule has 0 saturated carbocycles. The Morgan fingerprint density at radius 3 is 1.44 bits per heavy atom. The van der Waals surface area contributed by atoms with Crippen LogP contribution in [0.4, 0.5) is 14.4 Å². The molecule has 2 unspecified atom stereocenters. The number of ether oxygens (including phenoxy) is 3. The molecule has 3 aromatic carbocycles. The molecule has 3 aliphatic heterocycles. The van der Waals surface area contributed by atoms with Crippen molar-refractivity contribution in [1.29, 1.82) is 0 Å². The Labute approximate surface area is 374 Å². The van der Waals surface area contributed by atoms with E-state index in [0.29, 0.717) is 19.1 Å². The zero-order valence-corrected chi connectivity index (χ0v) is 40.4. The molecule has 342 valence electrons. The second-order valence-corrected chi connectivity index (χ2v) is 19.0. The van der Waals surface area contributed by atoms with Gasteiger partial charge in [0, 0.05) is 27.7 Å². The maximum Gasteiger partial charge on any atom is 0.411 e. The summed E-state index contributed by atoms with van der Waals surface area (Å²) in [7, 11) is 0. The summed E-state index contributed by atoms with van der Waals surface area (Å²) in [5, 5.41) is 0. The smallest absolute Gasteiger partial charge is 0.411 e. The number of amides is 3. The van der Waals surface area contributed by atoms with Crippen LogP contribution in [0.25, 0.3) is 0 Å². The first-order valence-corrected chi connectivity index (χ1v) is 23.6. The topological polar surface area (TPSA) is 88.6 Å². The third kappa shape index (κ3) is 10.5. The van der Waals surface area contributed by atoms with Crippen molar-refractivity contribution in [2.45, 2.75) is 182 Å². The first-order chi connectivity index (χ1) is 29.5. The van der Waals surface area contributed by atoms with E-state index in [1.807, 2.05) is 64.4 Å². The Hall–Kier alpha value is -4.53. The highest BCUT2D eigenvalue weighted by Gasteiger charge is 2.60. The van der Waals surface area contributed by atoms with E-state index in [9.17, 15) is 14.4 Å². The monoisotopic (exact) mass is 854 g/mol. The molecule has 62 heavy (non-hydrogen) atoms. The number of hydrogen-bond donors (Lipinski definition) is 0. The second-order valence-electron chi connectivity index (χ2n) is 19.0. The molecule has 9 nitrogen and oxygen atoms in total. The molecule has 0 radical (unpaired) electrons. The zero-order valence-electron chi connectivity index (χ0n) is 40.4. The van der Waals surface area contributed by atoms with E-state index in [2.05, 4.69) is 131 Å². The minimum atomic E-state index is -0.808. The predicted octanol–water partition coefficient (Wildman–Crippen LogP) is 13.0.